The van der Waals surface area contributed by atoms with Crippen molar-refractivity contribution in [3.63, 3.8) is 0 Å². The molecule has 0 aliphatic rings. The van der Waals surface area contributed by atoms with Crippen molar-refractivity contribution in [2.24, 2.45) is 0 Å². The summed E-state index contributed by atoms with van der Waals surface area (Å²) < 4.78 is 1.06. The zero-order valence-corrected chi connectivity index (χ0v) is 10.5. The highest BCUT2D eigenvalue weighted by atomic mass is 79.9. The molecule has 1 N–H and O–H groups in total. The lowest BCUT2D eigenvalue weighted by molar-refractivity contribution is 0.788. The topological polar surface area (TPSA) is 37.8 Å². The quantitative estimate of drug-likeness (QED) is 0.937. The third-order valence-corrected chi connectivity index (χ3v) is 2.70. The van der Waals surface area contributed by atoms with E-state index in [1.807, 2.05) is 37.4 Å². The van der Waals surface area contributed by atoms with Gasteiger partial charge in [0, 0.05) is 22.8 Å². The molecule has 0 aliphatic carbocycles. The van der Waals surface area contributed by atoms with E-state index in [2.05, 4.69) is 31.2 Å². The van der Waals surface area contributed by atoms with Gasteiger partial charge in [0.2, 0.25) is 0 Å². The molecule has 0 unspecified atom stereocenters. The van der Waals surface area contributed by atoms with Gasteiger partial charge in [-0.1, -0.05) is 28.1 Å². The zero-order valence-electron chi connectivity index (χ0n) is 8.94. The number of rotatable bonds is 3. The highest BCUT2D eigenvalue weighted by Gasteiger charge is 2.01. The van der Waals surface area contributed by atoms with Gasteiger partial charge in [-0.2, -0.15) is 0 Å². The van der Waals surface area contributed by atoms with Gasteiger partial charge in [0.1, 0.15) is 0 Å². The molecule has 0 saturated carbocycles. The lowest BCUT2D eigenvalue weighted by Crippen LogP contribution is -2.07. The number of nitrogens with one attached hydrogen (secondary N) is 1. The number of benzene rings is 1. The van der Waals surface area contributed by atoms with E-state index in [4.69, 9.17) is 0 Å². The minimum Gasteiger partial charge on any atom is -0.314 e. The first kappa shape index (κ1) is 11.2. The van der Waals surface area contributed by atoms with E-state index in [1.165, 1.54) is 0 Å². The van der Waals surface area contributed by atoms with Crippen LogP contribution in [0.5, 0.6) is 0 Å². The van der Waals surface area contributed by atoms with Gasteiger partial charge in [0.15, 0.2) is 5.82 Å². The van der Waals surface area contributed by atoms with Crippen LogP contribution in [0, 0.1) is 0 Å². The van der Waals surface area contributed by atoms with Gasteiger partial charge in [-0.3, -0.25) is 0 Å². The molecule has 0 aliphatic heterocycles. The summed E-state index contributed by atoms with van der Waals surface area (Å²) in [6.45, 7) is 0.756. The first-order valence-corrected chi connectivity index (χ1v) is 5.81. The summed E-state index contributed by atoms with van der Waals surface area (Å²) in [6, 6.07) is 9.90. The van der Waals surface area contributed by atoms with Gasteiger partial charge >= 0.3 is 0 Å². The molecule has 1 aromatic heterocycles. The van der Waals surface area contributed by atoms with E-state index in [-0.39, 0.29) is 0 Å². The number of hydrogen-bond acceptors (Lipinski definition) is 3. The van der Waals surface area contributed by atoms with Crippen molar-refractivity contribution in [3.05, 3.63) is 46.7 Å². The molecule has 1 aromatic carbocycles. The van der Waals surface area contributed by atoms with Crippen LogP contribution in [0.2, 0.25) is 0 Å². The largest absolute Gasteiger partial charge is 0.314 e. The monoisotopic (exact) mass is 277 g/mol. The second-order valence-corrected chi connectivity index (χ2v) is 4.32. The Morgan fingerprint density at radius 1 is 1.19 bits per heavy atom. The van der Waals surface area contributed by atoms with E-state index < -0.39 is 0 Å². The lowest BCUT2D eigenvalue weighted by Gasteiger charge is -2.03. The van der Waals surface area contributed by atoms with Gasteiger partial charge < -0.3 is 5.32 Å². The maximum atomic E-state index is 4.47. The van der Waals surface area contributed by atoms with Gasteiger partial charge in [-0.15, -0.1) is 0 Å². The average molecular weight is 278 g/mol. The highest BCUT2D eigenvalue weighted by molar-refractivity contribution is 9.10. The first-order chi connectivity index (χ1) is 7.79. The molecule has 16 heavy (non-hydrogen) atoms. The van der Waals surface area contributed by atoms with Crippen LogP contribution in [0.1, 0.15) is 5.69 Å². The van der Waals surface area contributed by atoms with Crippen molar-refractivity contribution >= 4 is 15.9 Å². The number of nitrogens with zero attached hydrogens (tertiary/aromatic N) is 2. The third-order valence-electron chi connectivity index (χ3n) is 2.17. The summed E-state index contributed by atoms with van der Waals surface area (Å²) >= 11 is 3.41. The van der Waals surface area contributed by atoms with Crippen LogP contribution in [0.15, 0.2) is 41.0 Å². The van der Waals surface area contributed by atoms with Crippen LogP contribution >= 0.6 is 15.9 Å². The van der Waals surface area contributed by atoms with Crippen LogP contribution in [-0.4, -0.2) is 17.0 Å². The Balaban J connectivity index is 2.32. The molecule has 1 heterocycles. The molecule has 0 fully saturated rings. The molecular weight excluding hydrogens is 266 g/mol. The Bertz CT molecular complexity index is 468. The van der Waals surface area contributed by atoms with Gasteiger partial charge in [-0.25, -0.2) is 9.97 Å². The van der Waals surface area contributed by atoms with Crippen LogP contribution in [0.25, 0.3) is 11.4 Å². The Kier molecular flexibility index (Phi) is 3.64. The van der Waals surface area contributed by atoms with Gasteiger partial charge in [0.25, 0.3) is 0 Å². The zero-order chi connectivity index (χ0) is 11.4. The molecule has 0 spiro atoms. The molecule has 0 saturated heterocycles. The number of aromatic nitrogens is 2. The summed E-state index contributed by atoms with van der Waals surface area (Å²) in [6.07, 6.45) is 1.79. The Morgan fingerprint density at radius 2 is 1.94 bits per heavy atom. The van der Waals surface area contributed by atoms with Crippen LogP contribution in [0.3, 0.4) is 0 Å². The standard InChI is InChI=1S/C12H12BrN3/c1-14-8-11-6-7-15-12(16-11)9-2-4-10(13)5-3-9/h2-7,14H,8H2,1H3. The fourth-order valence-corrected chi connectivity index (χ4v) is 1.68. The second-order valence-electron chi connectivity index (χ2n) is 3.41. The van der Waals surface area contributed by atoms with E-state index in [9.17, 15) is 0 Å². The predicted molar refractivity (Wildman–Crippen MR) is 67.9 cm³/mol. The van der Waals surface area contributed by atoms with Crippen molar-refractivity contribution in [1.29, 1.82) is 0 Å². The maximum absolute atomic E-state index is 4.47. The van der Waals surface area contributed by atoms with Crippen LogP contribution < -0.4 is 5.32 Å². The predicted octanol–water partition coefficient (Wildman–Crippen LogP) is 2.63. The molecule has 2 aromatic rings. The molecule has 0 bridgehead atoms. The molecule has 4 heteroatoms. The molecular formula is C12H12BrN3. The van der Waals surface area contributed by atoms with Crippen molar-refractivity contribution in [2.45, 2.75) is 6.54 Å². The third kappa shape index (κ3) is 2.65. The number of hydrogen-bond donors (Lipinski definition) is 1. The summed E-state index contributed by atoms with van der Waals surface area (Å²) in [5, 5.41) is 3.07. The Labute approximate surface area is 103 Å². The summed E-state index contributed by atoms with van der Waals surface area (Å²) in [7, 11) is 1.90. The normalized spacial score (nSPS) is 10.4. The second kappa shape index (κ2) is 5.18. The highest BCUT2D eigenvalue weighted by Crippen LogP contribution is 2.18. The van der Waals surface area contributed by atoms with E-state index in [0.29, 0.717) is 0 Å². The molecule has 0 radical (unpaired) electrons. The SMILES string of the molecule is CNCc1ccnc(-c2ccc(Br)cc2)n1. The fourth-order valence-electron chi connectivity index (χ4n) is 1.41. The Morgan fingerprint density at radius 3 is 2.62 bits per heavy atom. The summed E-state index contributed by atoms with van der Waals surface area (Å²) in [5.41, 5.74) is 2.02. The molecule has 0 amide bonds. The number of halogens is 1. The maximum Gasteiger partial charge on any atom is 0.159 e. The van der Waals surface area contributed by atoms with E-state index in [0.717, 1.165) is 28.1 Å². The van der Waals surface area contributed by atoms with Gasteiger partial charge in [-0.05, 0) is 25.2 Å². The van der Waals surface area contributed by atoms with Crippen LogP contribution in [-0.2, 0) is 6.54 Å². The average Bonchev–Trinajstić information content (AvgIpc) is 2.31. The fraction of sp³-hybridized carbons (Fsp3) is 0.167. The molecule has 2 rings (SSSR count). The molecule has 0 atom stereocenters. The van der Waals surface area contributed by atoms with Crippen molar-refractivity contribution in [2.75, 3.05) is 7.05 Å². The summed E-state index contributed by atoms with van der Waals surface area (Å²) in [5.74, 6) is 0.764. The Hall–Kier alpha value is -1.26. The minimum atomic E-state index is 0.756. The van der Waals surface area contributed by atoms with Gasteiger partial charge in [0.05, 0.1) is 5.69 Å². The summed E-state index contributed by atoms with van der Waals surface area (Å²) in [4.78, 5) is 8.74. The van der Waals surface area contributed by atoms with Crippen molar-refractivity contribution in [3.8, 4) is 11.4 Å². The smallest absolute Gasteiger partial charge is 0.159 e. The van der Waals surface area contributed by atoms with E-state index >= 15 is 0 Å². The van der Waals surface area contributed by atoms with Crippen LogP contribution in [0.4, 0.5) is 0 Å². The minimum absolute atomic E-state index is 0.756. The first-order valence-electron chi connectivity index (χ1n) is 5.02. The van der Waals surface area contributed by atoms with Crippen molar-refractivity contribution in [1.82, 2.24) is 15.3 Å². The molecule has 82 valence electrons. The molecule has 3 nitrogen and oxygen atoms in total. The van der Waals surface area contributed by atoms with E-state index in [1.54, 1.807) is 6.20 Å². The van der Waals surface area contributed by atoms with Crippen molar-refractivity contribution < 1.29 is 0 Å². The lowest BCUT2D eigenvalue weighted by atomic mass is 10.2.